The highest BCUT2D eigenvalue weighted by Gasteiger charge is 2.33. The molecule has 1 N–H and O–H groups in total. The Morgan fingerprint density at radius 3 is 2.43 bits per heavy atom. The number of hydrogen-bond acceptors (Lipinski definition) is 4. The van der Waals surface area contributed by atoms with Crippen LogP contribution in [-0.4, -0.2) is 22.3 Å². The third-order valence-corrected chi connectivity index (χ3v) is 4.13. The molecule has 2 aromatic carbocycles. The molecule has 9 heteroatoms. The summed E-state index contributed by atoms with van der Waals surface area (Å²) in [5.74, 6) is -0.123. The van der Waals surface area contributed by atoms with Crippen molar-refractivity contribution in [2.75, 3.05) is 11.9 Å². The van der Waals surface area contributed by atoms with Crippen molar-refractivity contribution in [3.05, 3.63) is 76.6 Å². The largest absolute Gasteiger partial charge is 0.494 e. The van der Waals surface area contributed by atoms with Crippen LogP contribution >= 0.6 is 0 Å². The van der Waals surface area contributed by atoms with Crippen molar-refractivity contribution in [2.45, 2.75) is 19.6 Å². The first kappa shape index (κ1) is 21.1. The number of halogens is 3. The summed E-state index contributed by atoms with van der Waals surface area (Å²) in [7, 11) is 0. The molecule has 0 bridgehead atoms. The van der Waals surface area contributed by atoms with Crippen molar-refractivity contribution in [3.63, 3.8) is 0 Å². The number of anilines is 1. The summed E-state index contributed by atoms with van der Waals surface area (Å²) in [5, 5.41) is 6.35. The molecule has 0 saturated carbocycles. The number of nitrogens with zero attached hydrogens (tertiary/aromatic N) is 2. The molecule has 1 heterocycles. The number of ether oxygens (including phenoxy) is 1. The predicted molar refractivity (Wildman–Crippen MR) is 105 cm³/mol. The Morgan fingerprint density at radius 2 is 1.77 bits per heavy atom. The number of carbonyl (C=O) groups is 1. The molecule has 0 unspecified atom stereocenters. The van der Waals surface area contributed by atoms with Crippen LogP contribution in [0.1, 0.15) is 12.5 Å². The fourth-order valence-corrected chi connectivity index (χ4v) is 2.77. The molecule has 0 aliphatic rings. The Hall–Kier alpha value is -3.62. The third kappa shape index (κ3) is 5.05. The number of carbonyl (C=O) groups excluding carboxylic acids is 1. The summed E-state index contributed by atoms with van der Waals surface area (Å²) >= 11 is 0. The fourth-order valence-electron chi connectivity index (χ4n) is 2.77. The van der Waals surface area contributed by atoms with Crippen LogP contribution in [0.25, 0.3) is 11.3 Å². The van der Waals surface area contributed by atoms with E-state index >= 15 is 0 Å². The van der Waals surface area contributed by atoms with Crippen LogP contribution in [0.3, 0.4) is 0 Å². The van der Waals surface area contributed by atoms with E-state index in [2.05, 4.69) is 10.4 Å². The van der Waals surface area contributed by atoms with E-state index in [9.17, 15) is 22.8 Å². The average molecular weight is 417 g/mol. The zero-order valence-corrected chi connectivity index (χ0v) is 15.9. The molecule has 3 aromatic rings. The highest BCUT2D eigenvalue weighted by molar-refractivity contribution is 5.91. The highest BCUT2D eigenvalue weighted by atomic mass is 19.4. The lowest BCUT2D eigenvalue weighted by Crippen LogP contribution is -2.29. The lowest BCUT2D eigenvalue weighted by Gasteiger charge is -2.14. The van der Waals surface area contributed by atoms with Gasteiger partial charge in [-0.15, -0.1) is 0 Å². The summed E-state index contributed by atoms with van der Waals surface area (Å²) in [6.07, 6.45) is -4.62. The Bertz CT molecular complexity index is 1090. The van der Waals surface area contributed by atoms with Crippen LogP contribution in [0.5, 0.6) is 5.75 Å². The summed E-state index contributed by atoms with van der Waals surface area (Å²) in [6.45, 7) is 1.86. The molecular weight excluding hydrogens is 399 g/mol. The van der Waals surface area contributed by atoms with Crippen LogP contribution in [0.15, 0.2) is 65.5 Å². The minimum atomic E-state index is -4.62. The summed E-state index contributed by atoms with van der Waals surface area (Å²) < 4.78 is 45.5. The van der Waals surface area contributed by atoms with Crippen molar-refractivity contribution in [2.24, 2.45) is 0 Å². The minimum absolute atomic E-state index is 0.384. The van der Waals surface area contributed by atoms with Gasteiger partial charge in [-0.25, -0.2) is 4.68 Å². The lowest BCUT2D eigenvalue weighted by molar-refractivity contribution is -0.137. The maximum Gasteiger partial charge on any atom is 0.418 e. The van der Waals surface area contributed by atoms with Crippen LogP contribution in [0.4, 0.5) is 18.9 Å². The van der Waals surface area contributed by atoms with E-state index in [0.717, 1.165) is 16.8 Å². The van der Waals surface area contributed by atoms with Gasteiger partial charge in [0.05, 0.1) is 23.6 Å². The number of alkyl halides is 3. The quantitative estimate of drug-likeness (QED) is 0.659. The number of aromatic nitrogens is 2. The zero-order chi connectivity index (χ0) is 21.7. The monoisotopic (exact) mass is 417 g/mol. The van der Waals surface area contributed by atoms with Gasteiger partial charge in [0.15, 0.2) is 0 Å². The molecule has 6 nitrogen and oxygen atoms in total. The third-order valence-electron chi connectivity index (χ3n) is 4.13. The lowest BCUT2D eigenvalue weighted by atomic mass is 10.1. The Morgan fingerprint density at radius 1 is 1.07 bits per heavy atom. The first-order valence-corrected chi connectivity index (χ1v) is 9.05. The smallest absolute Gasteiger partial charge is 0.418 e. The minimum Gasteiger partial charge on any atom is -0.494 e. The van der Waals surface area contributed by atoms with E-state index in [-0.39, 0.29) is 5.69 Å². The molecule has 0 aliphatic heterocycles. The van der Waals surface area contributed by atoms with Gasteiger partial charge in [0.25, 0.3) is 5.56 Å². The molecule has 30 heavy (non-hydrogen) atoms. The van der Waals surface area contributed by atoms with Gasteiger partial charge in [-0.3, -0.25) is 9.59 Å². The van der Waals surface area contributed by atoms with Gasteiger partial charge < -0.3 is 10.1 Å². The van der Waals surface area contributed by atoms with Crippen LogP contribution in [0, 0.1) is 0 Å². The number of rotatable bonds is 6. The SMILES string of the molecule is CCOc1ccc(-c2ccc(=O)n(CC(=O)Nc3ccccc3C(F)(F)F)n2)cc1. The molecule has 1 amide bonds. The number of amides is 1. The van der Waals surface area contributed by atoms with E-state index in [0.29, 0.717) is 23.6 Å². The van der Waals surface area contributed by atoms with Crippen molar-refractivity contribution in [1.82, 2.24) is 9.78 Å². The van der Waals surface area contributed by atoms with Crippen molar-refractivity contribution >= 4 is 11.6 Å². The highest BCUT2D eigenvalue weighted by Crippen LogP contribution is 2.34. The molecule has 0 fully saturated rings. The van der Waals surface area contributed by atoms with E-state index in [1.807, 2.05) is 6.92 Å². The zero-order valence-electron chi connectivity index (χ0n) is 15.9. The second kappa shape index (κ2) is 8.81. The van der Waals surface area contributed by atoms with E-state index in [1.54, 1.807) is 24.3 Å². The van der Waals surface area contributed by atoms with E-state index in [4.69, 9.17) is 4.74 Å². The average Bonchev–Trinajstić information content (AvgIpc) is 2.70. The second-order valence-electron chi connectivity index (χ2n) is 6.26. The van der Waals surface area contributed by atoms with Crippen LogP contribution < -0.4 is 15.6 Å². The van der Waals surface area contributed by atoms with Crippen LogP contribution in [-0.2, 0) is 17.5 Å². The number of benzene rings is 2. The maximum atomic E-state index is 13.1. The van der Waals surface area contributed by atoms with E-state index in [1.165, 1.54) is 24.3 Å². The number of hydrogen-bond donors (Lipinski definition) is 1. The standard InChI is InChI=1S/C21H18F3N3O3/c1-2-30-15-9-7-14(8-10-15)17-11-12-20(29)27(26-17)13-19(28)25-18-6-4-3-5-16(18)21(22,23)24/h3-12H,2,13H2,1H3,(H,25,28). The molecular formula is C21H18F3N3O3. The first-order valence-electron chi connectivity index (χ1n) is 9.05. The molecule has 0 spiro atoms. The summed E-state index contributed by atoms with van der Waals surface area (Å²) in [4.78, 5) is 24.4. The number of nitrogens with one attached hydrogen (secondary N) is 1. The first-order chi connectivity index (χ1) is 14.3. The molecule has 1 aromatic heterocycles. The number of para-hydroxylation sites is 1. The van der Waals surface area contributed by atoms with Gasteiger partial charge in [-0.2, -0.15) is 18.3 Å². The molecule has 0 aliphatic carbocycles. The summed E-state index contributed by atoms with van der Waals surface area (Å²) in [6, 6.07) is 14.4. The van der Waals surface area contributed by atoms with Crippen molar-refractivity contribution < 1.29 is 22.7 Å². The van der Waals surface area contributed by atoms with Gasteiger partial charge in [-0.05, 0) is 49.4 Å². The topological polar surface area (TPSA) is 73.2 Å². The van der Waals surface area contributed by atoms with E-state index < -0.39 is 29.8 Å². The molecule has 0 saturated heterocycles. The molecule has 156 valence electrons. The van der Waals surface area contributed by atoms with Crippen LogP contribution in [0.2, 0.25) is 0 Å². The van der Waals surface area contributed by atoms with Gasteiger partial charge in [0.1, 0.15) is 12.3 Å². The fraction of sp³-hybridized carbons (Fsp3) is 0.190. The predicted octanol–water partition coefficient (Wildman–Crippen LogP) is 3.97. The molecule has 0 radical (unpaired) electrons. The second-order valence-corrected chi connectivity index (χ2v) is 6.26. The Labute approximate surface area is 169 Å². The Kier molecular flexibility index (Phi) is 6.20. The normalized spacial score (nSPS) is 11.2. The van der Waals surface area contributed by atoms with Crippen molar-refractivity contribution in [3.8, 4) is 17.0 Å². The van der Waals surface area contributed by atoms with Gasteiger partial charge >= 0.3 is 6.18 Å². The molecule has 0 atom stereocenters. The van der Waals surface area contributed by atoms with Crippen molar-refractivity contribution in [1.29, 1.82) is 0 Å². The van der Waals surface area contributed by atoms with Gasteiger partial charge in [-0.1, -0.05) is 12.1 Å². The summed E-state index contributed by atoms with van der Waals surface area (Å²) in [5.41, 5.74) is -0.785. The van der Waals surface area contributed by atoms with Gasteiger partial charge in [0, 0.05) is 11.6 Å². The maximum absolute atomic E-state index is 13.1. The Balaban J connectivity index is 1.80. The molecule has 3 rings (SSSR count). The van der Waals surface area contributed by atoms with Gasteiger partial charge in [0.2, 0.25) is 5.91 Å².